The summed E-state index contributed by atoms with van der Waals surface area (Å²) in [6.45, 7) is 8.22. The third-order valence-corrected chi connectivity index (χ3v) is 8.27. The molecular formula is C27H37Cl2N3O4S. The van der Waals surface area contributed by atoms with Crippen LogP contribution in [0.25, 0.3) is 0 Å². The molecule has 0 fully saturated rings. The summed E-state index contributed by atoms with van der Waals surface area (Å²) in [6, 6.07) is 9.83. The van der Waals surface area contributed by atoms with Gasteiger partial charge in [0.2, 0.25) is 21.8 Å². The molecule has 2 amide bonds. The molecule has 7 nitrogen and oxygen atoms in total. The first-order chi connectivity index (χ1) is 17.4. The molecule has 1 N–H and O–H groups in total. The fourth-order valence-corrected chi connectivity index (χ4v) is 5.49. The Morgan fingerprint density at radius 2 is 1.65 bits per heavy atom. The van der Waals surface area contributed by atoms with Gasteiger partial charge in [-0.3, -0.25) is 13.9 Å². The first-order valence-corrected chi connectivity index (χ1v) is 15.0. The lowest BCUT2D eigenvalue weighted by atomic mass is 10.1. The second-order valence-corrected chi connectivity index (χ2v) is 11.9. The van der Waals surface area contributed by atoms with Crippen molar-refractivity contribution in [3.8, 4) is 0 Å². The number of carbonyl (C=O) groups is 2. The van der Waals surface area contributed by atoms with Crippen LogP contribution in [-0.4, -0.2) is 50.5 Å². The quantitative estimate of drug-likeness (QED) is 0.323. The van der Waals surface area contributed by atoms with E-state index < -0.39 is 16.1 Å². The summed E-state index contributed by atoms with van der Waals surface area (Å²) >= 11 is 12.7. The first kappa shape index (κ1) is 30.9. The lowest BCUT2D eigenvalue weighted by Gasteiger charge is -2.30. The number of unbranched alkanes of at least 4 members (excludes halogenated alkanes) is 1. The number of benzene rings is 2. The molecule has 2 aromatic rings. The van der Waals surface area contributed by atoms with Gasteiger partial charge in [-0.05, 0) is 62.9 Å². The van der Waals surface area contributed by atoms with Crippen LogP contribution in [0.4, 0.5) is 5.69 Å². The van der Waals surface area contributed by atoms with Gasteiger partial charge in [0.05, 0.1) is 11.9 Å². The smallest absolute Gasteiger partial charge is 0.242 e. The van der Waals surface area contributed by atoms with E-state index in [1.807, 2.05) is 32.9 Å². The van der Waals surface area contributed by atoms with Gasteiger partial charge in [0.1, 0.15) is 6.04 Å². The van der Waals surface area contributed by atoms with Crippen LogP contribution in [0.1, 0.15) is 56.2 Å². The zero-order valence-electron chi connectivity index (χ0n) is 22.2. The number of amides is 2. The van der Waals surface area contributed by atoms with Crippen molar-refractivity contribution in [1.29, 1.82) is 0 Å². The molecular weight excluding hydrogens is 533 g/mol. The van der Waals surface area contributed by atoms with E-state index in [-0.39, 0.29) is 37.7 Å². The highest BCUT2D eigenvalue weighted by atomic mass is 35.5. The van der Waals surface area contributed by atoms with Crippen LogP contribution in [0.3, 0.4) is 0 Å². The average Bonchev–Trinajstić information content (AvgIpc) is 2.82. The molecule has 10 heteroatoms. The lowest BCUT2D eigenvalue weighted by Crippen LogP contribution is -2.48. The Kier molecular flexibility index (Phi) is 11.7. The number of sulfonamides is 1. The largest absolute Gasteiger partial charge is 0.354 e. The molecule has 0 aliphatic heterocycles. The molecule has 2 rings (SSSR count). The highest BCUT2D eigenvalue weighted by Gasteiger charge is 2.28. The topological polar surface area (TPSA) is 86.8 Å². The van der Waals surface area contributed by atoms with E-state index in [0.29, 0.717) is 27.8 Å². The Bertz CT molecular complexity index is 1180. The maximum absolute atomic E-state index is 13.4. The van der Waals surface area contributed by atoms with Crippen LogP contribution < -0.4 is 9.62 Å². The Morgan fingerprint density at radius 1 is 1.03 bits per heavy atom. The molecule has 204 valence electrons. The van der Waals surface area contributed by atoms with E-state index in [9.17, 15) is 18.0 Å². The summed E-state index contributed by atoms with van der Waals surface area (Å²) in [5.74, 6) is -0.554. The van der Waals surface area contributed by atoms with Gasteiger partial charge in [-0.2, -0.15) is 0 Å². The van der Waals surface area contributed by atoms with Crippen molar-refractivity contribution in [2.75, 3.05) is 23.7 Å². The highest BCUT2D eigenvalue weighted by molar-refractivity contribution is 7.92. The minimum Gasteiger partial charge on any atom is -0.354 e. The van der Waals surface area contributed by atoms with Crippen molar-refractivity contribution in [1.82, 2.24) is 10.2 Å². The van der Waals surface area contributed by atoms with Crippen LogP contribution in [0, 0.1) is 13.8 Å². The molecule has 2 aromatic carbocycles. The van der Waals surface area contributed by atoms with E-state index in [4.69, 9.17) is 23.2 Å². The molecule has 0 bridgehead atoms. The van der Waals surface area contributed by atoms with Crippen LogP contribution >= 0.6 is 23.2 Å². The number of nitrogens with one attached hydrogen (secondary N) is 1. The second kappa shape index (κ2) is 14.0. The summed E-state index contributed by atoms with van der Waals surface area (Å²) in [6.07, 6.45) is 3.25. The summed E-state index contributed by atoms with van der Waals surface area (Å²) in [4.78, 5) is 27.7. The van der Waals surface area contributed by atoms with Gasteiger partial charge >= 0.3 is 0 Å². The summed E-state index contributed by atoms with van der Waals surface area (Å²) in [5, 5.41) is 3.68. The SMILES string of the molecule is CCCCNC(=O)[C@@H](C)N(Cc1c(Cl)cccc1Cl)C(=O)CCCN(c1cccc(C)c1C)S(C)(=O)=O. The van der Waals surface area contributed by atoms with Gasteiger partial charge in [-0.25, -0.2) is 8.42 Å². The molecule has 0 saturated heterocycles. The number of carbonyl (C=O) groups excluding carboxylic acids is 2. The van der Waals surface area contributed by atoms with E-state index in [2.05, 4.69) is 5.32 Å². The predicted molar refractivity (Wildman–Crippen MR) is 152 cm³/mol. The number of hydrogen-bond donors (Lipinski definition) is 1. The maximum atomic E-state index is 13.4. The zero-order valence-corrected chi connectivity index (χ0v) is 24.5. The molecule has 0 aliphatic carbocycles. The van der Waals surface area contributed by atoms with Gasteiger partial charge in [-0.1, -0.05) is 54.7 Å². The average molecular weight is 571 g/mol. The van der Waals surface area contributed by atoms with Crippen molar-refractivity contribution < 1.29 is 18.0 Å². The fourth-order valence-electron chi connectivity index (χ4n) is 3.96. The Morgan fingerprint density at radius 3 is 2.24 bits per heavy atom. The van der Waals surface area contributed by atoms with Crippen molar-refractivity contribution in [3.05, 3.63) is 63.1 Å². The highest BCUT2D eigenvalue weighted by Crippen LogP contribution is 2.28. The van der Waals surface area contributed by atoms with Gasteiger partial charge in [0.15, 0.2) is 0 Å². The maximum Gasteiger partial charge on any atom is 0.242 e. The molecule has 0 unspecified atom stereocenters. The Balaban J connectivity index is 2.24. The van der Waals surface area contributed by atoms with Crippen molar-refractivity contribution in [2.24, 2.45) is 0 Å². The van der Waals surface area contributed by atoms with E-state index in [1.54, 1.807) is 31.2 Å². The number of nitrogens with zero attached hydrogens (tertiary/aromatic N) is 2. The van der Waals surface area contributed by atoms with Crippen molar-refractivity contribution in [2.45, 2.75) is 66.0 Å². The molecule has 0 aliphatic rings. The van der Waals surface area contributed by atoms with E-state index in [1.165, 1.54) is 9.21 Å². The zero-order chi connectivity index (χ0) is 27.8. The van der Waals surface area contributed by atoms with Gasteiger partial charge in [-0.15, -0.1) is 0 Å². The summed E-state index contributed by atoms with van der Waals surface area (Å²) in [7, 11) is -3.57. The summed E-state index contributed by atoms with van der Waals surface area (Å²) < 4.78 is 26.5. The molecule has 0 aromatic heterocycles. The molecule has 0 saturated carbocycles. The van der Waals surface area contributed by atoms with Crippen molar-refractivity contribution >= 4 is 50.7 Å². The predicted octanol–water partition coefficient (Wildman–Crippen LogP) is 5.49. The number of rotatable bonds is 13. The number of halogens is 2. The summed E-state index contributed by atoms with van der Waals surface area (Å²) in [5.41, 5.74) is 3.00. The third-order valence-electron chi connectivity index (χ3n) is 6.38. The fraction of sp³-hybridized carbons (Fsp3) is 0.481. The minimum atomic E-state index is -3.57. The second-order valence-electron chi connectivity index (χ2n) is 9.20. The number of hydrogen-bond acceptors (Lipinski definition) is 4. The van der Waals surface area contributed by atoms with Crippen molar-refractivity contribution in [3.63, 3.8) is 0 Å². The van der Waals surface area contributed by atoms with Crippen LogP contribution in [0.15, 0.2) is 36.4 Å². The van der Waals surface area contributed by atoms with E-state index >= 15 is 0 Å². The van der Waals surface area contributed by atoms with Gasteiger partial charge in [0, 0.05) is 41.7 Å². The standard InChI is InChI=1S/C27H37Cl2N3O4S/c1-6-7-16-30-27(34)21(4)31(18-22-23(28)12-9-13-24(22)29)26(33)15-10-17-32(37(5,35)36)25-14-8-11-19(2)20(25)3/h8-9,11-14,21H,6-7,10,15-18H2,1-5H3,(H,30,34)/t21-/m1/s1. The number of anilines is 1. The normalized spacial score (nSPS) is 12.2. The monoisotopic (exact) mass is 569 g/mol. The van der Waals surface area contributed by atoms with Gasteiger partial charge < -0.3 is 10.2 Å². The molecule has 1 atom stereocenters. The molecule has 0 radical (unpaired) electrons. The van der Waals surface area contributed by atoms with Crippen LogP contribution in [0.2, 0.25) is 10.0 Å². The van der Waals surface area contributed by atoms with Gasteiger partial charge in [0.25, 0.3) is 0 Å². The minimum absolute atomic E-state index is 0.0472. The Hall–Kier alpha value is -2.29. The first-order valence-electron chi connectivity index (χ1n) is 12.4. The van der Waals surface area contributed by atoms with Crippen LogP contribution in [-0.2, 0) is 26.2 Å². The lowest BCUT2D eigenvalue weighted by molar-refractivity contribution is -0.140. The molecule has 37 heavy (non-hydrogen) atoms. The molecule has 0 spiro atoms. The Labute approximate surface area is 231 Å². The molecule has 0 heterocycles. The van der Waals surface area contributed by atoms with E-state index in [0.717, 1.165) is 30.2 Å². The third kappa shape index (κ3) is 8.62. The number of aryl methyl sites for hydroxylation is 1. The van der Waals surface area contributed by atoms with Crippen LogP contribution in [0.5, 0.6) is 0 Å².